The molecule has 0 radical (unpaired) electrons. The van der Waals surface area contributed by atoms with E-state index in [0.29, 0.717) is 0 Å². The Labute approximate surface area is 134 Å². The van der Waals surface area contributed by atoms with Gasteiger partial charge in [-0.05, 0) is 0 Å². The van der Waals surface area contributed by atoms with Crippen molar-refractivity contribution in [3.63, 3.8) is 0 Å². The standard InChI is InChI=1S/4C2H3O2.Fe.2H2N.Na.H/c4*1-2(3)4;;;;;/h4*1H2,(H,3,4);;2*1H2;;/q;;;;+2;2*-1;;. The third-order valence-corrected chi connectivity index (χ3v) is 8.52. The van der Waals surface area contributed by atoms with Crippen LogP contribution < -0.4 is 9.50 Å². The maximum atomic E-state index is 10.9. The van der Waals surface area contributed by atoms with Gasteiger partial charge in [-0.2, -0.15) is 0 Å². The Morgan fingerprint density at radius 2 is 0.800 bits per heavy atom. The molecule has 0 spiro atoms. The third kappa shape index (κ3) is 6.18. The SMILES string of the molecule is [NH2][Fe]([NH2])([CH2]C(=O)O)([CH2]C(=O)O)([CH2]C(=O)O)[CH2]C(=O)O.[NaH]. The number of carboxylic acid groups (broad SMARTS) is 4. The number of rotatable bonds is 8. The Balaban J connectivity index is 0. The summed E-state index contributed by atoms with van der Waals surface area (Å²) in [7, 11) is 0. The van der Waals surface area contributed by atoms with Gasteiger partial charge in [-0.3, -0.25) is 0 Å². The number of aliphatic carboxylic acids is 4. The molecule has 0 aromatic carbocycles. The van der Waals surface area contributed by atoms with Gasteiger partial charge in [-0.25, -0.2) is 0 Å². The summed E-state index contributed by atoms with van der Waals surface area (Å²) in [6, 6.07) is 0. The minimum absolute atomic E-state index is 0. The predicted molar refractivity (Wildman–Crippen MR) is 65.3 cm³/mol. The van der Waals surface area contributed by atoms with Gasteiger partial charge in [0.05, 0.1) is 0 Å². The first kappa shape index (κ1) is 21.6. The predicted octanol–water partition coefficient (Wildman–Crippen LogP) is -1.68. The van der Waals surface area contributed by atoms with Crippen LogP contribution in [0.4, 0.5) is 0 Å². The summed E-state index contributed by atoms with van der Waals surface area (Å²) in [5.74, 6) is -6.58. The molecule has 20 heavy (non-hydrogen) atoms. The molecule has 10 nitrogen and oxygen atoms in total. The molecule has 0 saturated heterocycles. The molecule has 0 heterocycles. The van der Waals surface area contributed by atoms with Crippen LogP contribution in [0.25, 0.3) is 0 Å². The molecule has 0 aliphatic heterocycles. The van der Waals surface area contributed by atoms with E-state index in [9.17, 15) is 19.2 Å². The quantitative estimate of drug-likeness (QED) is 0.275. The zero-order valence-electron chi connectivity index (χ0n) is 9.76. The van der Waals surface area contributed by atoms with Crippen LogP contribution in [0.1, 0.15) is 0 Å². The molecule has 116 valence electrons. The number of hydrogen-bond donors (Lipinski definition) is 6. The zero-order chi connectivity index (χ0) is 15.5. The summed E-state index contributed by atoms with van der Waals surface area (Å²) in [6.07, 6.45) is 0. The van der Waals surface area contributed by atoms with E-state index in [1.807, 2.05) is 0 Å². The molecule has 0 bridgehead atoms. The van der Waals surface area contributed by atoms with E-state index in [0.717, 1.165) is 0 Å². The molecule has 0 saturated carbocycles. The van der Waals surface area contributed by atoms with Crippen LogP contribution in [-0.4, -0.2) is 73.9 Å². The van der Waals surface area contributed by atoms with Crippen LogP contribution in [0.3, 0.4) is 0 Å². The van der Waals surface area contributed by atoms with Crippen LogP contribution in [0, 0.1) is 0 Å². The average molecular weight is 348 g/mol. The van der Waals surface area contributed by atoms with Gasteiger partial charge in [-0.15, -0.1) is 0 Å². The van der Waals surface area contributed by atoms with Crippen molar-refractivity contribution in [1.82, 2.24) is 0 Å². The molecule has 8 N–H and O–H groups in total. The summed E-state index contributed by atoms with van der Waals surface area (Å²) in [4.78, 5) is 43.5. The number of carbonyl (C=O) groups is 4. The van der Waals surface area contributed by atoms with Crippen molar-refractivity contribution in [2.75, 3.05) is 0 Å². The molecule has 0 unspecified atom stereocenters. The summed E-state index contributed by atoms with van der Waals surface area (Å²) in [5.41, 5.74) is 0. The monoisotopic (exact) mass is 348 g/mol. The van der Waals surface area contributed by atoms with Crippen molar-refractivity contribution in [2.45, 2.75) is 21.3 Å². The Morgan fingerprint density at radius 3 is 0.900 bits per heavy atom. The van der Waals surface area contributed by atoms with Crippen LogP contribution in [0.15, 0.2) is 0 Å². The number of nitrogens with two attached hydrogens (primary N) is 2. The van der Waals surface area contributed by atoms with E-state index in [2.05, 4.69) is 0 Å². The molecular formula is C8H17FeN2NaO8. The maximum absolute atomic E-state index is 10.9. The van der Waals surface area contributed by atoms with Gasteiger partial charge in [0.15, 0.2) is 0 Å². The van der Waals surface area contributed by atoms with E-state index in [1.54, 1.807) is 0 Å². The van der Waals surface area contributed by atoms with E-state index in [4.69, 9.17) is 29.9 Å². The molecule has 12 heteroatoms. The van der Waals surface area contributed by atoms with Gasteiger partial charge in [-0.1, -0.05) is 0 Å². The van der Waals surface area contributed by atoms with E-state index in [1.165, 1.54) is 0 Å². The van der Waals surface area contributed by atoms with Gasteiger partial charge in [0, 0.05) is 0 Å². The fourth-order valence-electron chi connectivity index (χ4n) is 1.67. The molecule has 0 atom stereocenters. The average Bonchev–Trinajstić information content (AvgIpc) is 1.90. The van der Waals surface area contributed by atoms with Crippen LogP contribution in [0.2, 0.25) is 21.3 Å². The van der Waals surface area contributed by atoms with Crippen LogP contribution >= 0.6 is 0 Å². The topological polar surface area (TPSA) is 201 Å². The molecule has 0 amide bonds. The fraction of sp³-hybridized carbons (Fsp3) is 0.500. The Bertz CT molecular complexity index is 392. The first-order valence-corrected chi connectivity index (χ1v) is 8.93. The van der Waals surface area contributed by atoms with Gasteiger partial charge in [0.25, 0.3) is 0 Å². The fourth-order valence-corrected chi connectivity index (χ4v) is 6.87. The minimum atomic E-state index is -5.77. The molecule has 0 aliphatic rings. The molecule has 0 aromatic rings. The second kappa shape index (κ2) is 5.98. The van der Waals surface area contributed by atoms with E-state index < -0.39 is 56.3 Å². The zero-order valence-corrected chi connectivity index (χ0v) is 10.9. The second-order valence-corrected chi connectivity index (χ2v) is 13.3. The van der Waals surface area contributed by atoms with Gasteiger partial charge in [0.2, 0.25) is 0 Å². The molecule has 0 rings (SSSR count). The second-order valence-electron chi connectivity index (χ2n) is 4.41. The first-order valence-electron chi connectivity index (χ1n) is 4.53. The van der Waals surface area contributed by atoms with Crippen molar-refractivity contribution in [2.24, 2.45) is 9.50 Å². The van der Waals surface area contributed by atoms with E-state index >= 15 is 0 Å². The number of hydrogen-bond acceptors (Lipinski definition) is 6. The Morgan fingerprint density at radius 1 is 0.650 bits per heavy atom. The molecule has 0 aliphatic carbocycles. The van der Waals surface area contributed by atoms with Gasteiger partial charge >= 0.3 is 135 Å². The van der Waals surface area contributed by atoms with Gasteiger partial charge < -0.3 is 0 Å². The molecule has 0 aromatic heterocycles. The Kier molecular flexibility index (Phi) is 6.46. The van der Waals surface area contributed by atoms with Crippen molar-refractivity contribution in [1.29, 1.82) is 0 Å². The van der Waals surface area contributed by atoms with Crippen molar-refractivity contribution >= 4 is 53.4 Å². The normalized spacial score (nSPS) is 14.3. The van der Waals surface area contributed by atoms with Gasteiger partial charge in [0.1, 0.15) is 0 Å². The third-order valence-electron chi connectivity index (χ3n) is 2.07. The van der Waals surface area contributed by atoms with Crippen LogP contribution in [0.5, 0.6) is 0 Å². The summed E-state index contributed by atoms with van der Waals surface area (Å²) in [6.45, 7) is 0. The van der Waals surface area contributed by atoms with E-state index in [-0.39, 0.29) is 29.6 Å². The van der Waals surface area contributed by atoms with Crippen LogP contribution in [-0.2, 0) is 30.3 Å². The Hall–Kier alpha value is -0.681. The summed E-state index contributed by atoms with van der Waals surface area (Å²) < 4.78 is 11.5. The van der Waals surface area contributed by atoms with Crippen molar-refractivity contribution < 1.29 is 50.8 Å². The number of carboxylic acids is 4. The summed E-state index contributed by atoms with van der Waals surface area (Å²) >= 11 is -5.77. The molecule has 0 fully saturated rings. The molecular weight excluding hydrogens is 331 g/mol. The summed E-state index contributed by atoms with van der Waals surface area (Å²) in [5, 5.41) is 30.5. The van der Waals surface area contributed by atoms with Crippen molar-refractivity contribution in [3.05, 3.63) is 0 Å². The first-order chi connectivity index (χ1) is 8.22. The van der Waals surface area contributed by atoms with Crippen molar-refractivity contribution in [3.8, 4) is 0 Å².